The standard InChI is InChI=1S/C21H21N5O3S2/c22-19-14-6-7-26(20(14)24-11-23-19)21-17(28)16(27)15(29-21)10-30-9-13-8-25-31-18(13)12-4-2-1-3-5-12/h1-8,11,15-17,21,27-28H,9-10H2,(H2,22,23,24)/t15-,16-,17-,21-/m1/s1. The highest BCUT2D eigenvalue weighted by molar-refractivity contribution is 7.98. The number of aliphatic hydroxyl groups excluding tert-OH is 2. The van der Waals surface area contributed by atoms with Gasteiger partial charge in [0.2, 0.25) is 0 Å². The highest BCUT2D eigenvalue weighted by atomic mass is 32.2. The molecule has 160 valence electrons. The van der Waals surface area contributed by atoms with Crippen LogP contribution in [0.3, 0.4) is 0 Å². The first-order chi connectivity index (χ1) is 15.1. The number of fused-ring (bicyclic) bond motifs is 1. The third-order valence-electron chi connectivity index (χ3n) is 5.37. The van der Waals surface area contributed by atoms with Gasteiger partial charge in [0.15, 0.2) is 6.23 Å². The molecule has 0 saturated carbocycles. The van der Waals surface area contributed by atoms with E-state index in [0.29, 0.717) is 22.6 Å². The molecule has 4 aromatic rings. The summed E-state index contributed by atoms with van der Waals surface area (Å²) in [6.07, 6.45) is 1.69. The Kier molecular flexibility index (Phi) is 5.63. The van der Waals surface area contributed by atoms with Gasteiger partial charge in [0, 0.05) is 29.5 Å². The number of anilines is 1. The molecule has 31 heavy (non-hydrogen) atoms. The molecule has 3 aromatic heterocycles. The highest BCUT2D eigenvalue weighted by Gasteiger charge is 2.43. The van der Waals surface area contributed by atoms with Crippen LogP contribution in [-0.2, 0) is 10.5 Å². The topological polar surface area (TPSA) is 119 Å². The number of aliphatic hydroxyl groups is 2. The van der Waals surface area contributed by atoms with E-state index in [-0.39, 0.29) is 0 Å². The zero-order chi connectivity index (χ0) is 21.4. The van der Waals surface area contributed by atoms with Crippen LogP contribution in [0.15, 0.2) is 55.1 Å². The van der Waals surface area contributed by atoms with Gasteiger partial charge in [-0.15, -0.1) is 0 Å². The smallest absolute Gasteiger partial charge is 0.164 e. The Labute approximate surface area is 186 Å². The molecular weight excluding hydrogens is 434 g/mol. The Bertz CT molecular complexity index is 1180. The lowest BCUT2D eigenvalue weighted by atomic mass is 10.1. The molecule has 0 radical (unpaired) electrons. The quantitative estimate of drug-likeness (QED) is 0.406. The molecule has 4 atom stereocenters. The van der Waals surface area contributed by atoms with Gasteiger partial charge in [-0.2, -0.15) is 11.8 Å². The molecule has 10 heteroatoms. The molecule has 1 fully saturated rings. The van der Waals surface area contributed by atoms with Crippen LogP contribution in [0, 0.1) is 0 Å². The number of rotatable bonds is 6. The average molecular weight is 456 g/mol. The molecule has 1 saturated heterocycles. The predicted octanol–water partition coefficient (Wildman–Crippen LogP) is 2.69. The minimum absolute atomic E-state index is 0.363. The molecule has 1 aromatic carbocycles. The minimum atomic E-state index is -1.07. The average Bonchev–Trinajstić information content (AvgIpc) is 3.49. The second-order valence-corrected chi connectivity index (χ2v) is 9.16. The first-order valence-corrected chi connectivity index (χ1v) is 11.7. The van der Waals surface area contributed by atoms with E-state index in [9.17, 15) is 10.2 Å². The zero-order valence-electron chi connectivity index (χ0n) is 16.4. The van der Waals surface area contributed by atoms with Crippen molar-refractivity contribution < 1.29 is 14.9 Å². The van der Waals surface area contributed by atoms with Crippen LogP contribution in [0.25, 0.3) is 21.5 Å². The van der Waals surface area contributed by atoms with Crippen molar-refractivity contribution in [3.63, 3.8) is 0 Å². The van der Waals surface area contributed by atoms with Gasteiger partial charge < -0.3 is 25.3 Å². The molecular formula is C21H21N5O3S2. The SMILES string of the molecule is Nc1ncnc2c1ccn2[C@@H]1O[C@H](CSCc2cnsc2-c2ccccc2)[C@@H](O)[C@H]1O. The number of nitrogens with zero attached hydrogens (tertiary/aromatic N) is 4. The number of ether oxygens (including phenoxy) is 1. The second-order valence-electron chi connectivity index (χ2n) is 7.33. The summed E-state index contributed by atoms with van der Waals surface area (Å²) in [7, 11) is 0. The van der Waals surface area contributed by atoms with Crippen LogP contribution in [0.4, 0.5) is 5.82 Å². The number of hydrogen-bond donors (Lipinski definition) is 3. The third-order valence-corrected chi connectivity index (χ3v) is 7.34. The molecule has 0 amide bonds. The van der Waals surface area contributed by atoms with E-state index in [1.54, 1.807) is 28.6 Å². The van der Waals surface area contributed by atoms with Crippen LogP contribution in [0.2, 0.25) is 0 Å². The predicted molar refractivity (Wildman–Crippen MR) is 122 cm³/mol. The number of nitrogens with two attached hydrogens (primary N) is 1. The number of benzene rings is 1. The van der Waals surface area contributed by atoms with Crippen molar-refractivity contribution in [2.24, 2.45) is 0 Å². The molecule has 1 aliphatic heterocycles. The summed E-state index contributed by atoms with van der Waals surface area (Å²) in [5.74, 6) is 1.64. The molecule has 0 unspecified atom stereocenters. The van der Waals surface area contributed by atoms with Crippen LogP contribution in [0.1, 0.15) is 11.8 Å². The second kappa shape index (κ2) is 8.56. The Hall–Kier alpha value is -2.50. The largest absolute Gasteiger partial charge is 0.387 e. The fraction of sp³-hybridized carbons (Fsp3) is 0.286. The van der Waals surface area contributed by atoms with Crippen LogP contribution >= 0.6 is 23.3 Å². The summed E-state index contributed by atoms with van der Waals surface area (Å²) in [6, 6.07) is 11.9. The third kappa shape index (κ3) is 3.81. The number of nitrogen functional groups attached to an aromatic ring is 1. The van der Waals surface area contributed by atoms with Gasteiger partial charge in [0.1, 0.15) is 30.0 Å². The molecule has 0 spiro atoms. The highest BCUT2D eigenvalue weighted by Crippen LogP contribution is 2.35. The van der Waals surface area contributed by atoms with Gasteiger partial charge in [-0.3, -0.25) is 0 Å². The normalized spacial score (nSPS) is 23.5. The van der Waals surface area contributed by atoms with Gasteiger partial charge in [-0.1, -0.05) is 30.3 Å². The van der Waals surface area contributed by atoms with E-state index in [4.69, 9.17) is 10.5 Å². The van der Waals surface area contributed by atoms with Gasteiger partial charge in [0.05, 0.1) is 16.4 Å². The van der Waals surface area contributed by atoms with Crippen LogP contribution in [-0.4, -0.2) is 53.2 Å². The van der Waals surface area contributed by atoms with Crippen molar-refractivity contribution in [1.82, 2.24) is 18.9 Å². The van der Waals surface area contributed by atoms with Gasteiger partial charge in [-0.05, 0) is 23.2 Å². The van der Waals surface area contributed by atoms with Crippen molar-refractivity contribution >= 4 is 40.1 Å². The summed E-state index contributed by atoms with van der Waals surface area (Å²) >= 11 is 3.12. The lowest BCUT2D eigenvalue weighted by molar-refractivity contribution is -0.0285. The van der Waals surface area contributed by atoms with Crippen molar-refractivity contribution in [2.45, 2.75) is 30.3 Å². The molecule has 1 aliphatic rings. The Balaban J connectivity index is 1.26. The number of thioether (sulfide) groups is 1. The number of hydrogen-bond acceptors (Lipinski definition) is 9. The van der Waals surface area contributed by atoms with E-state index in [1.165, 1.54) is 17.9 Å². The van der Waals surface area contributed by atoms with Crippen molar-refractivity contribution in [1.29, 1.82) is 0 Å². The number of aromatic nitrogens is 4. The Morgan fingerprint density at radius 1 is 1.13 bits per heavy atom. The Morgan fingerprint density at radius 3 is 2.81 bits per heavy atom. The first kappa shape index (κ1) is 20.4. The lowest BCUT2D eigenvalue weighted by Crippen LogP contribution is -2.32. The van der Waals surface area contributed by atoms with E-state index in [1.807, 2.05) is 24.4 Å². The summed E-state index contributed by atoms with van der Waals surface area (Å²) in [6.45, 7) is 0. The molecule has 8 nitrogen and oxygen atoms in total. The van der Waals surface area contributed by atoms with E-state index in [0.717, 1.165) is 21.8 Å². The summed E-state index contributed by atoms with van der Waals surface area (Å²) in [5.41, 5.74) is 8.76. The van der Waals surface area contributed by atoms with E-state index >= 15 is 0 Å². The van der Waals surface area contributed by atoms with Crippen LogP contribution < -0.4 is 5.73 Å². The fourth-order valence-corrected chi connectivity index (χ4v) is 5.69. The van der Waals surface area contributed by atoms with Crippen molar-refractivity contribution in [3.8, 4) is 10.4 Å². The van der Waals surface area contributed by atoms with Crippen molar-refractivity contribution in [3.05, 3.63) is 60.7 Å². The van der Waals surface area contributed by atoms with Gasteiger partial charge >= 0.3 is 0 Å². The maximum absolute atomic E-state index is 10.6. The summed E-state index contributed by atoms with van der Waals surface area (Å²) in [5, 5.41) is 21.9. The monoisotopic (exact) mass is 455 g/mol. The Morgan fingerprint density at radius 2 is 1.97 bits per heavy atom. The van der Waals surface area contributed by atoms with Gasteiger partial charge in [-0.25, -0.2) is 14.3 Å². The van der Waals surface area contributed by atoms with Gasteiger partial charge in [0.25, 0.3) is 0 Å². The molecule has 0 aliphatic carbocycles. The van der Waals surface area contributed by atoms with E-state index in [2.05, 4.69) is 26.5 Å². The van der Waals surface area contributed by atoms with E-state index < -0.39 is 24.5 Å². The fourth-order valence-electron chi connectivity index (χ4n) is 3.77. The molecule has 5 rings (SSSR count). The minimum Gasteiger partial charge on any atom is -0.387 e. The molecule has 0 bridgehead atoms. The summed E-state index contributed by atoms with van der Waals surface area (Å²) < 4.78 is 12.1. The van der Waals surface area contributed by atoms with Crippen molar-refractivity contribution in [2.75, 3.05) is 11.5 Å². The van der Waals surface area contributed by atoms with Crippen LogP contribution in [0.5, 0.6) is 0 Å². The first-order valence-electron chi connectivity index (χ1n) is 9.79. The maximum atomic E-state index is 10.6. The zero-order valence-corrected chi connectivity index (χ0v) is 18.0. The lowest BCUT2D eigenvalue weighted by Gasteiger charge is -2.17. The molecule has 4 N–H and O–H groups in total. The molecule has 4 heterocycles. The summed E-state index contributed by atoms with van der Waals surface area (Å²) in [4.78, 5) is 9.38. The maximum Gasteiger partial charge on any atom is 0.164 e.